The van der Waals surface area contributed by atoms with Gasteiger partial charge < -0.3 is 14.8 Å². The molecule has 5 heteroatoms. The minimum absolute atomic E-state index is 0.0189. The molecule has 2 aromatic rings. The van der Waals surface area contributed by atoms with Crippen molar-refractivity contribution in [1.82, 2.24) is 5.32 Å². The van der Waals surface area contributed by atoms with Gasteiger partial charge in [-0.3, -0.25) is 4.79 Å². The summed E-state index contributed by atoms with van der Waals surface area (Å²) in [5, 5.41) is 2.90. The van der Waals surface area contributed by atoms with Gasteiger partial charge in [-0.25, -0.2) is 4.79 Å². The highest BCUT2D eigenvalue weighted by molar-refractivity contribution is 5.94. The summed E-state index contributed by atoms with van der Waals surface area (Å²) in [5.41, 5.74) is 1.54. The van der Waals surface area contributed by atoms with E-state index >= 15 is 0 Å². The molecule has 2 atom stereocenters. The molecule has 0 heterocycles. The second-order valence-electron chi connectivity index (χ2n) is 6.41. The molecule has 5 nitrogen and oxygen atoms in total. The number of esters is 1. The Morgan fingerprint density at radius 2 is 1.67 bits per heavy atom. The van der Waals surface area contributed by atoms with Gasteiger partial charge in [-0.05, 0) is 51.3 Å². The van der Waals surface area contributed by atoms with E-state index in [0.717, 1.165) is 12.8 Å². The van der Waals surface area contributed by atoms with Crippen LogP contribution in [0.2, 0.25) is 0 Å². The number of aryl methyl sites for hydroxylation is 1. The Balaban J connectivity index is 1.85. The smallest absolute Gasteiger partial charge is 0.342 e. The monoisotopic (exact) mass is 369 g/mol. The fourth-order valence-corrected chi connectivity index (χ4v) is 2.65. The van der Waals surface area contributed by atoms with Gasteiger partial charge in [-0.15, -0.1) is 0 Å². The lowest BCUT2D eigenvalue weighted by Crippen LogP contribution is -2.41. The lowest BCUT2D eigenvalue weighted by molar-refractivity contribution is -0.129. The van der Waals surface area contributed by atoms with E-state index in [2.05, 4.69) is 17.4 Å². The van der Waals surface area contributed by atoms with Gasteiger partial charge in [-0.2, -0.15) is 0 Å². The maximum absolute atomic E-state index is 12.4. The Morgan fingerprint density at radius 3 is 2.37 bits per heavy atom. The lowest BCUT2D eigenvalue weighted by Gasteiger charge is -2.18. The summed E-state index contributed by atoms with van der Waals surface area (Å²) >= 11 is 0. The first kappa shape index (κ1) is 20.5. The molecule has 1 amide bonds. The Hall–Kier alpha value is -2.82. The van der Waals surface area contributed by atoms with Crippen LogP contribution in [0.1, 0.15) is 43.1 Å². The number of hydrogen-bond donors (Lipinski definition) is 1. The van der Waals surface area contributed by atoms with E-state index in [0.29, 0.717) is 17.9 Å². The van der Waals surface area contributed by atoms with Gasteiger partial charge in [0, 0.05) is 6.04 Å². The third kappa shape index (κ3) is 6.44. The summed E-state index contributed by atoms with van der Waals surface area (Å²) in [4.78, 5) is 24.7. The molecule has 0 saturated carbocycles. The molecule has 144 valence electrons. The molecule has 0 aromatic heterocycles. The molecule has 2 aromatic carbocycles. The van der Waals surface area contributed by atoms with Crippen molar-refractivity contribution in [3.63, 3.8) is 0 Å². The molecule has 0 aliphatic rings. The van der Waals surface area contributed by atoms with E-state index in [1.54, 1.807) is 31.2 Å². The van der Waals surface area contributed by atoms with E-state index in [1.165, 1.54) is 5.56 Å². The molecule has 0 bridgehead atoms. The predicted molar refractivity (Wildman–Crippen MR) is 105 cm³/mol. The molecular formula is C22H27NO4. The van der Waals surface area contributed by atoms with Crippen molar-refractivity contribution < 1.29 is 19.1 Å². The molecule has 0 saturated heterocycles. The summed E-state index contributed by atoms with van der Waals surface area (Å²) in [5.74, 6) is -0.426. The number of nitrogens with one attached hydrogen (secondary N) is 1. The van der Waals surface area contributed by atoms with Crippen molar-refractivity contribution in [2.45, 2.75) is 45.8 Å². The van der Waals surface area contributed by atoms with Crippen LogP contribution in [0.4, 0.5) is 0 Å². The minimum Gasteiger partial charge on any atom is -0.493 e. The second kappa shape index (κ2) is 10.4. The van der Waals surface area contributed by atoms with Crippen molar-refractivity contribution in [2.75, 3.05) is 6.61 Å². The number of amides is 1. The van der Waals surface area contributed by atoms with Crippen molar-refractivity contribution in [3.05, 3.63) is 65.7 Å². The number of rotatable bonds is 9. The maximum atomic E-state index is 12.4. The molecular weight excluding hydrogens is 342 g/mol. The quantitative estimate of drug-likeness (QED) is 0.684. The van der Waals surface area contributed by atoms with Crippen LogP contribution in [-0.2, 0) is 16.0 Å². The molecule has 0 radical (unpaired) electrons. The second-order valence-corrected chi connectivity index (χ2v) is 6.41. The summed E-state index contributed by atoms with van der Waals surface area (Å²) in [6.07, 6.45) is 0.799. The predicted octanol–water partition coefficient (Wildman–Crippen LogP) is 3.77. The largest absolute Gasteiger partial charge is 0.493 e. The number of hydrogen-bond acceptors (Lipinski definition) is 4. The van der Waals surface area contributed by atoms with Gasteiger partial charge in [0.15, 0.2) is 6.10 Å². The lowest BCUT2D eigenvalue weighted by atomic mass is 10.1. The average molecular weight is 369 g/mol. The van der Waals surface area contributed by atoms with Crippen molar-refractivity contribution in [1.29, 1.82) is 0 Å². The maximum Gasteiger partial charge on any atom is 0.342 e. The van der Waals surface area contributed by atoms with Crippen LogP contribution in [0.3, 0.4) is 0 Å². The van der Waals surface area contributed by atoms with Crippen molar-refractivity contribution >= 4 is 11.9 Å². The Bertz CT molecular complexity index is 745. The van der Waals surface area contributed by atoms with Crippen LogP contribution in [0.15, 0.2) is 54.6 Å². The first-order valence-electron chi connectivity index (χ1n) is 9.28. The highest BCUT2D eigenvalue weighted by atomic mass is 16.5. The highest BCUT2D eigenvalue weighted by Gasteiger charge is 2.22. The fourth-order valence-electron chi connectivity index (χ4n) is 2.65. The van der Waals surface area contributed by atoms with Gasteiger partial charge in [0.25, 0.3) is 5.91 Å². The van der Waals surface area contributed by atoms with Gasteiger partial charge in [0.2, 0.25) is 0 Å². The van der Waals surface area contributed by atoms with Gasteiger partial charge in [0.05, 0.1) is 6.61 Å². The van der Waals surface area contributed by atoms with E-state index in [1.807, 2.05) is 32.0 Å². The molecule has 0 unspecified atom stereocenters. The molecule has 1 N–H and O–H groups in total. The van der Waals surface area contributed by atoms with Crippen LogP contribution >= 0.6 is 0 Å². The zero-order chi connectivity index (χ0) is 19.6. The van der Waals surface area contributed by atoms with Gasteiger partial charge in [0.1, 0.15) is 11.3 Å². The highest BCUT2D eigenvalue weighted by Crippen LogP contribution is 2.19. The number of benzene rings is 2. The van der Waals surface area contributed by atoms with Crippen LogP contribution in [0.25, 0.3) is 0 Å². The number of carbonyl (C=O) groups is 2. The minimum atomic E-state index is -0.883. The van der Waals surface area contributed by atoms with E-state index in [9.17, 15) is 9.59 Å². The zero-order valence-corrected chi connectivity index (χ0v) is 16.1. The van der Waals surface area contributed by atoms with Crippen LogP contribution in [0, 0.1) is 0 Å². The van der Waals surface area contributed by atoms with E-state index in [4.69, 9.17) is 9.47 Å². The van der Waals surface area contributed by atoms with Crippen LogP contribution in [-0.4, -0.2) is 30.6 Å². The number of carbonyl (C=O) groups excluding carboxylic acids is 2. The summed E-state index contributed by atoms with van der Waals surface area (Å²) in [6, 6.07) is 16.9. The zero-order valence-electron chi connectivity index (χ0n) is 16.1. The third-order valence-electron chi connectivity index (χ3n) is 4.16. The summed E-state index contributed by atoms with van der Waals surface area (Å²) < 4.78 is 10.8. The van der Waals surface area contributed by atoms with Crippen molar-refractivity contribution in [2.24, 2.45) is 0 Å². The van der Waals surface area contributed by atoms with Crippen LogP contribution < -0.4 is 10.1 Å². The van der Waals surface area contributed by atoms with Gasteiger partial charge >= 0.3 is 5.97 Å². The first-order valence-corrected chi connectivity index (χ1v) is 9.28. The van der Waals surface area contributed by atoms with E-state index in [-0.39, 0.29) is 11.9 Å². The van der Waals surface area contributed by atoms with Crippen LogP contribution in [0.5, 0.6) is 5.75 Å². The molecule has 0 fully saturated rings. The standard InChI is InChI=1S/C22H27NO4/c1-4-26-20-13-9-8-12-19(20)22(25)27-17(3)21(24)23-16(2)14-15-18-10-6-5-7-11-18/h5-13,16-17H,4,14-15H2,1-3H3,(H,23,24)/t16-,17+/m0/s1. The summed E-state index contributed by atoms with van der Waals surface area (Å²) in [7, 11) is 0. The fraction of sp³-hybridized carbons (Fsp3) is 0.364. The topological polar surface area (TPSA) is 64.6 Å². The molecule has 0 spiro atoms. The number of para-hydroxylation sites is 1. The van der Waals surface area contributed by atoms with Crippen molar-refractivity contribution in [3.8, 4) is 5.75 Å². The molecule has 2 rings (SSSR count). The Morgan fingerprint density at radius 1 is 1.00 bits per heavy atom. The Labute approximate surface area is 160 Å². The molecule has 0 aliphatic heterocycles. The normalized spacial score (nSPS) is 12.7. The summed E-state index contributed by atoms with van der Waals surface area (Å²) in [6.45, 7) is 5.80. The Kier molecular flexibility index (Phi) is 7.86. The SMILES string of the molecule is CCOc1ccccc1C(=O)O[C@H](C)C(=O)N[C@@H](C)CCc1ccccc1. The molecule has 0 aliphatic carbocycles. The number of ether oxygens (including phenoxy) is 2. The average Bonchev–Trinajstić information content (AvgIpc) is 2.67. The molecule has 27 heavy (non-hydrogen) atoms. The van der Waals surface area contributed by atoms with E-state index < -0.39 is 12.1 Å². The first-order chi connectivity index (χ1) is 13.0. The third-order valence-corrected chi connectivity index (χ3v) is 4.16. The van der Waals surface area contributed by atoms with Gasteiger partial charge in [-0.1, -0.05) is 42.5 Å².